The molecule has 0 spiro atoms. The molecule has 3 aromatic heterocycles. The largest absolute Gasteiger partial charge is 0.383 e. The minimum absolute atomic E-state index is 0.0881. The van der Waals surface area contributed by atoms with Crippen molar-refractivity contribution >= 4 is 34.4 Å². The van der Waals surface area contributed by atoms with E-state index in [1.165, 1.54) is 18.2 Å². The second-order valence-electron chi connectivity index (χ2n) is 9.53. The SMILES string of the molecule is C=C(C)C(=O)N1CCC[C@@H](n2nc(-c3ccc(C(=O)Nc4ccccn4)cc3F)c3c(N)ncc(C)c32)C1. The van der Waals surface area contributed by atoms with Crippen LogP contribution in [0.2, 0.25) is 0 Å². The molecule has 0 aliphatic carbocycles. The number of nitrogens with zero attached hydrogens (tertiary/aromatic N) is 5. The van der Waals surface area contributed by atoms with Crippen LogP contribution in [0.1, 0.15) is 41.7 Å². The highest BCUT2D eigenvalue weighted by Gasteiger charge is 2.29. The molecule has 9 nitrogen and oxygen atoms in total. The quantitative estimate of drug-likeness (QED) is 0.379. The molecular formula is C28H28FN7O2. The normalized spacial score (nSPS) is 15.4. The van der Waals surface area contributed by atoms with E-state index in [9.17, 15) is 9.59 Å². The van der Waals surface area contributed by atoms with Crippen molar-refractivity contribution < 1.29 is 14.0 Å². The summed E-state index contributed by atoms with van der Waals surface area (Å²) in [6.45, 7) is 8.49. The van der Waals surface area contributed by atoms with Crippen molar-refractivity contribution in [1.82, 2.24) is 24.6 Å². The lowest BCUT2D eigenvalue weighted by molar-refractivity contribution is -0.128. The maximum absolute atomic E-state index is 15.5. The van der Waals surface area contributed by atoms with Gasteiger partial charge < -0.3 is 16.0 Å². The molecule has 194 valence electrons. The number of nitrogens with two attached hydrogens (primary N) is 1. The van der Waals surface area contributed by atoms with Gasteiger partial charge in [0.15, 0.2) is 0 Å². The van der Waals surface area contributed by atoms with E-state index in [4.69, 9.17) is 10.8 Å². The Kier molecular flexibility index (Phi) is 6.62. The highest BCUT2D eigenvalue weighted by atomic mass is 19.1. The minimum atomic E-state index is -0.617. The van der Waals surface area contributed by atoms with Crippen molar-refractivity contribution in [1.29, 1.82) is 0 Å². The van der Waals surface area contributed by atoms with Gasteiger partial charge in [-0.15, -0.1) is 0 Å². The topological polar surface area (TPSA) is 119 Å². The van der Waals surface area contributed by atoms with E-state index in [-0.39, 0.29) is 28.9 Å². The van der Waals surface area contributed by atoms with Gasteiger partial charge in [0.1, 0.15) is 23.1 Å². The lowest BCUT2D eigenvalue weighted by Crippen LogP contribution is -2.41. The van der Waals surface area contributed by atoms with Gasteiger partial charge in [0.2, 0.25) is 5.91 Å². The second kappa shape index (κ2) is 10.0. The number of anilines is 2. The van der Waals surface area contributed by atoms with Crippen molar-refractivity contribution in [2.75, 3.05) is 24.1 Å². The van der Waals surface area contributed by atoms with Gasteiger partial charge in [0.05, 0.1) is 16.9 Å². The molecule has 3 N–H and O–H groups in total. The number of hydrogen-bond donors (Lipinski definition) is 2. The Morgan fingerprint density at radius 3 is 2.74 bits per heavy atom. The number of rotatable bonds is 5. The Morgan fingerprint density at radius 1 is 1.21 bits per heavy atom. The first-order valence-corrected chi connectivity index (χ1v) is 12.3. The summed E-state index contributed by atoms with van der Waals surface area (Å²) in [6.07, 6.45) is 4.82. The Hall–Kier alpha value is -4.60. The Morgan fingerprint density at radius 2 is 2.03 bits per heavy atom. The molecule has 1 saturated heterocycles. The van der Waals surface area contributed by atoms with Crippen LogP contribution in [0.3, 0.4) is 0 Å². The summed E-state index contributed by atoms with van der Waals surface area (Å²) in [4.78, 5) is 35.4. The number of halogens is 1. The Labute approximate surface area is 219 Å². The second-order valence-corrected chi connectivity index (χ2v) is 9.53. The summed E-state index contributed by atoms with van der Waals surface area (Å²) in [5, 5.41) is 8.03. The van der Waals surface area contributed by atoms with E-state index in [1.54, 1.807) is 42.4 Å². The number of benzene rings is 1. The summed E-state index contributed by atoms with van der Waals surface area (Å²) in [6, 6.07) is 9.23. The number of hydrogen-bond acceptors (Lipinski definition) is 6. The highest BCUT2D eigenvalue weighted by Crippen LogP contribution is 2.37. The number of aromatic nitrogens is 4. The van der Waals surface area contributed by atoms with Crippen LogP contribution in [0.25, 0.3) is 22.2 Å². The van der Waals surface area contributed by atoms with Crippen LogP contribution in [0.4, 0.5) is 16.0 Å². The fourth-order valence-electron chi connectivity index (χ4n) is 4.88. The minimum Gasteiger partial charge on any atom is -0.383 e. The molecule has 0 radical (unpaired) electrons. The summed E-state index contributed by atoms with van der Waals surface area (Å²) in [7, 11) is 0. The van der Waals surface area contributed by atoms with E-state index in [2.05, 4.69) is 21.9 Å². The number of nitrogen functional groups attached to an aromatic ring is 1. The predicted octanol–water partition coefficient (Wildman–Crippen LogP) is 4.51. The van der Waals surface area contributed by atoms with E-state index >= 15 is 4.39 Å². The molecule has 10 heteroatoms. The lowest BCUT2D eigenvalue weighted by Gasteiger charge is -2.33. The van der Waals surface area contributed by atoms with E-state index in [0.29, 0.717) is 35.6 Å². The molecule has 1 fully saturated rings. The number of fused-ring (bicyclic) bond motifs is 1. The van der Waals surface area contributed by atoms with Crippen molar-refractivity contribution in [3.8, 4) is 11.3 Å². The Balaban J connectivity index is 1.54. The van der Waals surface area contributed by atoms with Crippen LogP contribution in [-0.2, 0) is 4.79 Å². The molecule has 0 saturated carbocycles. The van der Waals surface area contributed by atoms with Gasteiger partial charge in [-0.2, -0.15) is 5.10 Å². The molecule has 4 heterocycles. The van der Waals surface area contributed by atoms with Crippen molar-refractivity contribution in [3.63, 3.8) is 0 Å². The van der Waals surface area contributed by atoms with Gasteiger partial charge >= 0.3 is 0 Å². The van der Waals surface area contributed by atoms with Crippen molar-refractivity contribution in [3.05, 3.63) is 77.9 Å². The maximum atomic E-state index is 15.5. The number of piperidine rings is 1. The molecule has 2 amide bonds. The molecule has 38 heavy (non-hydrogen) atoms. The number of pyridine rings is 2. The molecule has 0 unspecified atom stereocenters. The third-order valence-electron chi connectivity index (χ3n) is 6.72. The van der Waals surface area contributed by atoms with E-state index in [0.717, 1.165) is 23.9 Å². The third kappa shape index (κ3) is 4.60. The fourth-order valence-corrected chi connectivity index (χ4v) is 4.88. The predicted molar refractivity (Wildman–Crippen MR) is 144 cm³/mol. The standard InChI is InChI=1S/C28H28FN7O2/c1-16(2)28(38)35-12-6-7-19(15-35)36-25-17(3)14-32-26(30)23(25)24(34-36)20-10-9-18(13-21(20)29)27(37)33-22-8-4-5-11-31-22/h4-5,8-11,13-14,19H,1,6-7,12,15H2,2-3H3,(H2,30,32)(H,31,33,37)/t19-/m1/s1. The number of amides is 2. The van der Waals surface area contributed by atoms with Crippen molar-refractivity contribution in [2.45, 2.75) is 32.7 Å². The van der Waals surface area contributed by atoms with Gasteiger partial charge in [0.25, 0.3) is 5.91 Å². The maximum Gasteiger partial charge on any atom is 0.256 e. The van der Waals surface area contributed by atoms with Gasteiger partial charge in [-0.1, -0.05) is 12.6 Å². The number of carbonyl (C=O) groups excluding carboxylic acids is 2. The van der Waals surface area contributed by atoms with Gasteiger partial charge in [-0.05, 0) is 62.6 Å². The monoisotopic (exact) mass is 513 g/mol. The lowest BCUT2D eigenvalue weighted by atomic mass is 10.0. The van der Waals surface area contributed by atoms with Crippen LogP contribution < -0.4 is 11.1 Å². The number of aryl methyl sites for hydroxylation is 1. The molecule has 1 aliphatic rings. The van der Waals surface area contributed by atoms with Crippen LogP contribution >= 0.6 is 0 Å². The number of nitrogens with one attached hydrogen (secondary N) is 1. The first-order chi connectivity index (χ1) is 18.2. The van der Waals surface area contributed by atoms with Crippen molar-refractivity contribution in [2.24, 2.45) is 0 Å². The molecule has 4 aromatic rings. The zero-order valence-electron chi connectivity index (χ0n) is 21.2. The van der Waals surface area contributed by atoms with Crippen LogP contribution in [-0.4, -0.2) is 49.6 Å². The van der Waals surface area contributed by atoms with Crippen LogP contribution in [0.15, 0.2) is 60.9 Å². The first-order valence-electron chi connectivity index (χ1n) is 12.3. The molecule has 1 atom stereocenters. The summed E-state index contributed by atoms with van der Waals surface area (Å²) < 4.78 is 17.4. The molecular weight excluding hydrogens is 485 g/mol. The average Bonchev–Trinajstić information content (AvgIpc) is 3.32. The summed E-state index contributed by atoms with van der Waals surface area (Å²) in [5.74, 6) is -0.587. The van der Waals surface area contributed by atoms with Gasteiger partial charge in [-0.25, -0.2) is 14.4 Å². The molecule has 1 aromatic carbocycles. The summed E-state index contributed by atoms with van der Waals surface area (Å²) >= 11 is 0. The first kappa shape index (κ1) is 25.1. The summed E-state index contributed by atoms with van der Waals surface area (Å²) in [5.41, 5.74) is 9.05. The highest BCUT2D eigenvalue weighted by molar-refractivity contribution is 6.05. The third-order valence-corrected chi connectivity index (χ3v) is 6.72. The number of carbonyl (C=O) groups is 2. The number of likely N-dealkylation sites (tertiary alicyclic amines) is 1. The van der Waals surface area contributed by atoms with Gasteiger partial charge in [0, 0.05) is 42.2 Å². The zero-order valence-corrected chi connectivity index (χ0v) is 21.2. The molecule has 1 aliphatic heterocycles. The Bertz CT molecular complexity index is 1560. The molecule has 5 rings (SSSR count). The zero-order chi connectivity index (χ0) is 27.0. The smallest absolute Gasteiger partial charge is 0.256 e. The fraction of sp³-hybridized carbons (Fsp3) is 0.250. The average molecular weight is 514 g/mol. The van der Waals surface area contributed by atoms with Crippen LogP contribution in [0.5, 0.6) is 0 Å². The van der Waals surface area contributed by atoms with E-state index in [1.807, 2.05) is 11.6 Å². The van der Waals surface area contributed by atoms with Gasteiger partial charge in [-0.3, -0.25) is 14.3 Å². The van der Waals surface area contributed by atoms with Crippen LogP contribution in [0, 0.1) is 12.7 Å². The van der Waals surface area contributed by atoms with E-state index < -0.39 is 11.7 Å². The molecule has 0 bridgehead atoms.